The van der Waals surface area contributed by atoms with Gasteiger partial charge in [-0.2, -0.15) is 5.10 Å². The molecule has 0 atom stereocenters. The summed E-state index contributed by atoms with van der Waals surface area (Å²) in [7, 11) is 0. The van der Waals surface area contributed by atoms with Crippen molar-refractivity contribution >= 4 is 5.69 Å². The molecule has 0 radical (unpaired) electrons. The Labute approximate surface area is 140 Å². The fourth-order valence-corrected chi connectivity index (χ4v) is 3.32. The van der Waals surface area contributed by atoms with Gasteiger partial charge in [-0.05, 0) is 44.5 Å². The van der Waals surface area contributed by atoms with Crippen LogP contribution in [0.15, 0.2) is 23.1 Å². The van der Waals surface area contributed by atoms with Crippen molar-refractivity contribution in [2.75, 3.05) is 18.0 Å². The Kier molecular flexibility index (Phi) is 3.93. The molecule has 2 aliphatic rings. The minimum absolute atomic E-state index is 0.147. The molecule has 0 spiro atoms. The van der Waals surface area contributed by atoms with E-state index in [9.17, 15) is 4.79 Å². The van der Waals surface area contributed by atoms with Crippen LogP contribution in [0.3, 0.4) is 0 Å². The van der Waals surface area contributed by atoms with E-state index in [-0.39, 0.29) is 11.7 Å². The monoisotopic (exact) mass is 327 g/mol. The van der Waals surface area contributed by atoms with E-state index in [1.54, 1.807) is 6.20 Å². The summed E-state index contributed by atoms with van der Waals surface area (Å²) >= 11 is 0. The third-order valence-electron chi connectivity index (χ3n) is 4.74. The van der Waals surface area contributed by atoms with Gasteiger partial charge in [0.1, 0.15) is 6.10 Å². The molecule has 2 N–H and O–H groups in total. The third kappa shape index (κ3) is 2.87. The highest BCUT2D eigenvalue weighted by Crippen LogP contribution is 2.29. The molecule has 0 unspecified atom stereocenters. The van der Waals surface area contributed by atoms with Crippen LogP contribution in [-0.4, -0.2) is 34.4 Å². The molecule has 7 nitrogen and oxygen atoms in total. The van der Waals surface area contributed by atoms with E-state index in [2.05, 4.69) is 31.5 Å². The van der Waals surface area contributed by atoms with Gasteiger partial charge in [0.15, 0.2) is 0 Å². The van der Waals surface area contributed by atoms with Gasteiger partial charge in [-0.25, -0.2) is 10.1 Å². The van der Waals surface area contributed by atoms with Crippen LogP contribution in [0.4, 0.5) is 5.69 Å². The van der Waals surface area contributed by atoms with Crippen molar-refractivity contribution in [2.45, 2.75) is 39.0 Å². The maximum absolute atomic E-state index is 11.8. The van der Waals surface area contributed by atoms with Gasteiger partial charge in [0.05, 0.1) is 24.1 Å². The lowest BCUT2D eigenvalue weighted by atomic mass is 10.1. The van der Waals surface area contributed by atoms with Gasteiger partial charge in [-0.15, -0.1) is 0 Å². The quantitative estimate of drug-likeness (QED) is 0.879. The maximum atomic E-state index is 11.8. The van der Waals surface area contributed by atoms with E-state index >= 15 is 0 Å². The molecule has 126 valence electrons. The predicted octanol–water partition coefficient (Wildman–Crippen LogP) is 1.12. The number of pyridine rings is 1. The summed E-state index contributed by atoms with van der Waals surface area (Å²) in [4.78, 5) is 18.6. The second-order valence-corrected chi connectivity index (χ2v) is 6.39. The number of rotatable bonds is 3. The van der Waals surface area contributed by atoms with Crippen molar-refractivity contribution in [3.05, 3.63) is 45.5 Å². The maximum Gasteiger partial charge on any atom is 0.269 e. The lowest BCUT2D eigenvalue weighted by Crippen LogP contribution is -2.34. The van der Waals surface area contributed by atoms with E-state index < -0.39 is 0 Å². The molecule has 7 heteroatoms. The summed E-state index contributed by atoms with van der Waals surface area (Å²) in [6.45, 7) is 5.22. The number of aromatic nitrogens is 3. The first-order chi connectivity index (χ1) is 11.7. The molecule has 24 heavy (non-hydrogen) atoms. The van der Waals surface area contributed by atoms with Gasteiger partial charge in [0.2, 0.25) is 5.88 Å². The second-order valence-electron chi connectivity index (χ2n) is 6.39. The van der Waals surface area contributed by atoms with Gasteiger partial charge < -0.3 is 15.0 Å². The summed E-state index contributed by atoms with van der Waals surface area (Å²) < 4.78 is 6.03. The lowest BCUT2D eigenvalue weighted by molar-refractivity contribution is 0.155. The topological polar surface area (TPSA) is 83.1 Å². The summed E-state index contributed by atoms with van der Waals surface area (Å²) in [6, 6.07) is 4.03. The fourth-order valence-electron chi connectivity index (χ4n) is 3.32. The molecule has 0 bridgehead atoms. The molecule has 1 saturated heterocycles. The molecule has 0 saturated carbocycles. The van der Waals surface area contributed by atoms with Crippen LogP contribution in [-0.2, 0) is 13.1 Å². The van der Waals surface area contributed by atoms with Gasteiger partial charge in [-0.3, -0.25) is 4.79 Å². The molecule has 1 fully saturated rings. The average molecular weight is 327 g/mol. The number of fused-ring (bicyclic) bond motifs is 1. The van der Waals surface area contributed by atoms with Gasteiger partial charge in [0.25, 0.3) is 5.56 Å². The Balaban J connectivity index is 1.52. The van der Waals surface area contributed by atoms with Crippen LogP contribution in [0, 0.1) is 6.92 Å². The summed E-state index contributed by atoms with van der Waals surface area (Å²) in [5.74, 6) is 0.697. The first-order valence-electron chi connectivity index (χ1n) is 8.36. The molecule has 2 aliphatic heterocycles. The van der Waals surface area contributed by atoms with Crippen molar-refractivity contribution in [1.29, 1.82) is 0 Å². The molecule has 0 amide bonds. The summed E-state index contributed by atoms with van der Waals surface area (Å²) in [5.41, 5.74) is 3.58. The van der Waals surface area contributed by atoms with Crippen LogP contribution in [0.1, 0.15) is 29.7 Å². The number of nitrogens with one attached hydrogen (secondary N) is 2. The van der Waals surface area contributed by atoms with Crippen molar-refractivity contribution in [1.82, 2.24) is 20.5 Å². The molecule has 4 heterocycles. The zero-order valence-electron chi connectivity index (χ0n) is 13.7. The Bertz CT molecular complexity index is 798. The van der Waals surface area contributed by atoms with E-state index in [1.807, 2.05) is 13.0 Å². The molecule has 4 rings (SSSR count). The standard InChI is InChI=1S/C17H21N5O2/c1-11-15(8-19-21-17(11)23)22-9-12-2-3-16(20-14(12)10-22)24-13-4-6-18-7-5-13/h2-3,8,13,18H,4-7,9-10H2,1H3,(H,21,23). The van der Waals surface area contributed by atoms with Crippen molar-refractivity contribution in [3.8, 4) is 5.88 Å². The Morgan fingerprint density at radius 1 is 1.25 bits per heavy atom. The molecule has 2 aromatic heterocycles. The van der Waals surface area contributed by atoms with Crippen molar-refractivity contribution in [3.63, 3.8) is 0 Å². The number of piperidine rings is 1. The van der Waals surface area contributed by atoms with Crippen molar-refractivity contribution < 1.29 is 4.74 Å². The zero-order valence-corrected chi connectivity index (χ0v) is 13.7. The van der Waals surface area contributed by atoms with Gasteiger partial charge >= 0.3 is 0 Å². The second kappa shape index (κ2) is 6.24. The average Bonchev–Trinajstić information content (AvgIpc) is 3.01. The highest BCUT2D eigenvalue weighted by atomic mass is 16.5. The number of hydrogen-bond acceptors (Lipinski definition) is 6. The Morgan fingerprint density at radius 2 is 2.08 bits per heavy atom. The van der Waals surface area contributed by atoms with E-state index in [4.69, 9.17) is 4.74 Å². The zero-order chi connectivity index (χ0) is 16.5. The molecule has 0 aromatic carbocycles. The molecule has 0 aliphatic carbocycles. The Morgan fingerprint density at radius 3 is 2.92 bits per heavy atom. The number of anilines is 1. The van der Waals surface area contributed by atoms with Crippen LogP contribution in [0.5, 0.6) is 5.88 Å². The number of ether oxygens (including phenoxy) is 1. The fraction of sp³-hybridized carbons (Fsp3) is 0.471. The summed E-state index contributed by atoms with van der Waals surface area (Å²) in [5, 5.41) is 9.72. The number of aromatic amines is 1. The lowest BCUT2D eigenvalue weighted by Gasteiger charge is -2.23. The van der Waals surface area contributed by atoms with Crippen molar-refractivity contribution in [2.24, 2.45) is 0 Å². The van der Waals surface area contributed by atoms with Gasteiger partial charge in [0, 0.05) is 18.2 Å². The van der Waals surface area contributed by atoms with Crippen LogP contribution >= 0.6 is 0 Å². The highest BCUT2D eigenvalue weighted by molar-refractivity contribution is 5.53. The minimum atomic E-state index is -0.147. The highest BCUT2D eigenvalue weighted by Gasteiger charge is 2.24. The van der Waals surface area contributed by atoms with E-state index in [1.165, 1.54) is 5.56 Å². The molecule has 2 aromatic rings. The number of nitrogens with zero attached hydrogens (tertiary/aromatic N) is 3. The van der Waals surface area contributed by atoms with E-state index in [0.29, 0.717) is 18.0 Å². The van der Waals surface area contributed by atoms with Gasteiger partial charge in [-0.1, -0.05) is 0 Å². The number of H-pyrrole nitrogens is 1. The molecular weight excluding hydrogens is 306 g/mol. The molecular formula is C17H21N5O2. The van der Waals surface area contributed by atoms with Crippen LogP contribution in [0.25, 0.3) is 0 Å². The smallest absolute Gasteiger partial charge is 0.269 e. The summed E-state index contributed by atoms with van der Waals surface area (Å²) in [6.07, 6.45) is 3.98. The Hall–Kier alpha value is -2.41. The third-order valence-corrected chi connectivity index (χ3v) is 4.74. The SMILES string of the molecule is Cc1c(N2Cc3ccc(OC4CCNCC4)nc3C2)cn[nH]c1=O. The first kappa shape index (κ1) is 15.1. The first-order valence-corrected chi connectivity index (χ1v) is 8.36. The normalized spacial score (nSPS) is 17.8. The van der Waals surface area contributed by atoms with E-state index in [0.717, 1.165) is 43.9 Å². The largest absolute Gasteiger partial charge is 0.474 e. The minimum Gasteiger partial charge on any atom is -0.474 e. The number of hydrogen-bond donors (Lipinski definition) is 2. The predicted molar refractivity (Wildman–Crippen MR) is 90.2 cm³/mol. The van der Waals surface area contributed by atoms with Crippen LogP contribution < -0.4 is 20.5 Å². The van der Waals surface area contributed by atoms with Crippen LogP contribution in [0.2, 0.25) is 0 Å².